The van der Waals surface area contributed by atoms with Crippen LogP contribution in [0.2, 0.25) is 0 Å². The minimum Gasteiger partial charge on any atom is -0.755 e. The molecule has 0 unspecified atom stereocenters. The van der Waals surface area contributed by atoms with Gasteiger partial charge in [-0.25, -0.2) is 0 Å². The van der Waals surface area contributed by atoms with E-state index in [1.54, 1.807) is 0 Å². The van der Waals surface area contributed by atoms with Crippen LogP contribution in [0.5, 0.6) is 0 Å². The quantitative estimate of drug-likeness (QED) is 0.500. The van der Waals surface area contributed by atoms with Crippen LogP contribution in [-0.4, -0.2) is 31.0 Å². The lowest BCUT2D eigenvalue weighted by Crippen LogP contribution is -2.30. The number of rotatable bonds is 6. The van der Waals surface area contributed by atoms with Crippen LogP contribution in [0, 0.1) is 10.1 Å². The Morgan fingerprint density at radius 2 is 1.35 bits per heavy atom. The fraction of sp³-hybridized carbons (Fsp3) is 0.400. The lowest BCUT2D eigenvalue weighted by molar-refractivity contribution is -0.556. The minimum atomic E-state index is 0.396. The molecule has 0 amide bonds. The zero-order valence-electron chi connectivity index (χ0n) is 15.9. The number of anilines is 2. The molecule has 0 radical (unpaired) electrons. The van der Waals surface area contributed by atoms with Crippen molar-refractivity contribution in [1.82, 2.24) is 4.85 Å². The molecule has 0 spiro atoms. The molecule has 3 rings (SSSR count). The molecular formula is C20H26N4O2. The molecule has 3 aromatic rings. The summed E-state index contributed by atoms with van der Waals surface area (Å²) in [4.78, 5) is 17.4. The highest BCUT2D eigenvalue weighted by Gasteiger charge is 2.17. The predicted molar refractivity (Wildman–Crippen MR) is 109 cm³/mol. The molecule has 1 heterocycles. The maximum atomic E-state index is 12.6. The monoisotopic (exact) mass is 354 g/mol. The number of benzene rings is 2. The standard InChI is InChI=1S/C20H26N4O2/c1-5-21(6-2)15-9-11-17-18-12-10-16(22(7-3)8-4)14-20(18)24(26)23(25)19(17)13-15/h9-14H,5-8H2,1-4H3. The third kappa shape index (κ3) is 2.85. The van der Waals surface area contributed by atoms with Crippen LogP contribution >= 0.6 is 0 Å². The molecule has 0 bridgehead atoms. The maximum absolute atomic E-state index is 12.6. The molecule has 0 aliphatic heterocycles. The van der Waals surface area contributed by atoms with Gasteiger partial charge in [0, 0.05) is 49.0 Å². The Balaban J connectivity index is 2.28. The van der Waals surface area contributed by atoms with Crippen molar-refractivity contribution in [3.8, 4) is 0 Å². The van der Waals surface area contributed by atoms with Gasteiger partial charge in [0.15, 0.2) is 4.54 Å². The van der Waals surface area contributed by atoms with Crippen LogP contribution < -0.4 is 14.3 Å². The molecule has 6 nitrogen and oxygen atoms in total. The number of nitrogens with zero attached hydrogens (tertiary/aromatic N) is 4. The molecule has 2 aromatic carbocycles. The van der Waals surface area contributed by atoms with E-state index in [0.29, 0.717) is 20.4 Å². The highest BCUT2D eigenvalue weighted by atomic mass is 16.5. The van der Waals surface area contributed by atoms with Crippen molar-refractivity contribution in [2.24, 2.45) is 0 Å². The molecule has 0 atom stereocenters. The Morgan fingerprint density at radius 1 is 0.846 bits per heavy atom. The average Bonchev–Trinajstić information content (AvgIpc) is 2.68. The summed E-state index contributed by atoms with van der Waals surface area (Å²) in [6, 6.07) is 11.5. The minimum absolute atomic E-state index is 0.396. The summed E-state index contributed by atoms with van der Waals surface area (Å²) < 4.78 is 0.455. The number of fused-ring (bicyclic) bond motifs is 3. The molecule has 26 heavy (non-hydrogen) atoms. The first-order valence-corrected chi connectivity index (χ1v) is 9.28. The van der Waals surface area contributed by atoms with Crippen LogP contribution in [0.1, 0.15) is 27.7 Å². The van der Waals surface area contributed by atoms with E-state index in [0.717, 1.165) is 48.3 Å². The molecule has 0 aliphatic rings. The number of hydrogen-bond donors (Lipinski definition) is 0. The van der Waals surface area contributed by atoms with Gasteiger partial charge in [-0.05, 0) is 58.0 Å². The van der Waals surface area contributed by atoms with Gasteiger partial charge in [0.05, 0.1) is 10.3 Å². The fourth-order valence-electron chi connectivity index (χ4n) is 3.58. The normalized spacial score (nSPS) is 11.2. The Hall–Kier alpha value is -2.76. The van der Waals surface area contributed by atoms with Crippen LogP contribution in [0.25, 0.3) is 21.8 Å². The van der Waals surface area contributed by atoms with E-state index in [1.165, 1.54) is 0 Å². The van der Waals surface area contributed by atoms with Gasteiger partial charge in [0.2, 0.25) is 0 Å². The Bertz CT molecular complexity index is 988. The van der Waals surface area contributed by atoms with Crippen molar-refractivity contribution < 1.29 is 4.54 Å². The maximum Gasteiger partial charge on any atom is 0.302 e. The highest BCUT2D eigenvalue weighted by molar-refractivity contribution is 6.04. The van der Waals surface area contributed by atoms with Gasteiger partial charge in [-0.1, -0.05) is 0 Å². The van der Waals surface area contributed by atoms with Crippen molar-refractivity contribution in [3.63, 3.8) is 0 Å². The summed E-state index contributed by atoms with van der Waals surface area (Å²) in [5.41, 5.74) is 2.69. The van der Waals surface area contributed by atoms with E-state index >= 15 is 0 Å². The first-order valence-electron chi connectivity index (χ1n) is 9.28. The van der Waals surface area contributed by atoms with Crippen LogP contribution in [-0.2, 0) is 0 Å². The Morgan fingerprint density at radius 3 is 1.88 bits per heavy atom. The van der Waals surface area contributed by atoms with Crippen LogP contribution in [0.15, 0.2) is 36.4 Å². The topological polar surface area (TPSA) is 57.4 Å². The average molecular weight is 354 g/mol. The second kappa shape index (κ2) is 7.23. The van der Waals surface area contributed by atoms with Crippen molar-refractivity contribution >= 4 is 33.2 Å². The molecule has 6 heteroatoms. The fourth-order valence-corrected chi connectivity index (χ4v) is 3.58. The second-order valence-electron chi connectivity index (χ2n) is 6.29. The van der Waals surface area contributed by atoms with Crippen molar-refractivity contribution in [2.45, 2.75) is 27.7 Å². The van der Waals surface area contributed by atoms with Crippen molar-refractivity contribution in [1.29, 1.82) is 0 Å². The molecule has 0 fully saturated rings. The van der Waals surface area contributed by atoms with Gasteiger partial charge >= 0.3 is 5.52 Å². The lowest BCUT2D eigenvalue weighted by atomic mass is 10.1. The van der Waals surface area contributed by atoms with Gasteiger partial charge in [-0.2, -0.15) is 0 Å². The molecule has 0 saturated carbocycles. The summed E-state index contributed by atoms with van der Waals surface area (Å²) in [6.45, 7) is 11.7. The van der Waals surface area contributed by atoms with Crippen LogP contribution in [0.4, 0.5) is 11.4 Å². The van der Waals surface area contributed by atoms with Crippen molar-refractivity contribution in [2.75, 3.05) is 36.0 Å². The first-order chi connectivity index (χ1) is 12.5. The largest absolute Gasteiger partial charge is 0.755 e. The van der Waals surface area contributed by atoms with E-state index in [2.05, 4.69) is 37.5 Å². The lowest BCUT2D eigenvalue weighted by Gasteiger charge is -2.22. The van der Waals surface area contributed by atoms with Gasteiger partial charge < -0.3 is 15.0 Å². The highest BCUT2D eigenvalue weighted by Crippen LogP contribution is 2.28. The molecule has 0 saturated heterocycles. The van der Waals surface area contributed by atoms with Gasteiger partial charge in [-0.15, -0.1) is 4.85 Å². The van der Waals surface area contributed by atoms with Gasteiger partial charge in [0.1, 0.15) is 5.52 Å². The Kier molecular flexibility index (Phi) is 5.02. The summed E-state index contributed by atoms with van der Waals surface area (Å²) in [5, 5.41) is 14.2. The zero-order chi connectivity index (χ0) is 18.8. The predicted octanol–water partition coefficient (Wildman–Crippen LogP) is 3.75. The summed E-state index contributed by atoms with van der Waals surface area (Å²) in [5.74, 6) is 0. The smallest absolute Gasteiger partial charge is 0.302 e. The third-order valence-electron chi connectivity index (χ3n) is 5.09. The molecular weight excluding hydrogens is 328 g/mol. The SMILES string of the molecule is CCN(CC)c1ccc2c3ccc(N(CC)CC)cc3[n+](=O)n([O-])c2c1. The van der Waals surface area contributed by atoms with Gasteiger partial charge in [-0.3, -0.25) is 0 Å². The molecule has 1 aromatic heterocycles. The second-order valence-corrected chi connectivity index (χ2v) is 6.29. The van der Waals surface area contributed by atoms with E-state index in [9.17, 15) is 10.1 Å². The van der Waals surface area contributed by atoms with Crippen LogP contribution in [0.3, 0.4) is 0 Å². The number of hydrogen-bond acceptors (Lipinski definition) is 4. The van der Waals surface area contributed by atoms with Crippen molar-refractivity contribution in [3.05, 3.63) is 46.5 Å². The molecule has 0 aliphatic carbocycles. The van der Waals surface area contributed by atoms with E-state index in [1.807, 2.05) is 36.4 Å². The molecule has 0 N–H and O–H groups in total. The summed E-state index contributed by atoms with van der Waals surface area (Å²) in [6.07, 6.45) is 0. The number of aromatic nitrogens is 2. The van der Waals surface area contributed by atoms with E-state index in [4.69, 9.17) is 0 Å². The van der Waals surface area contributed by atoms with E-state index < -0.39 is 0 Å². The first kappa shape index (κ1) is 18.0. The Labute approximate surface area is 153 Å². The summed E-state index contributed by atoms with van der Waals surface area (Å²) >= 11 is 0. The summed E-state index contributed by atoms with van der Waals surface area (Å²) in [7, 11) is 0. The van der Waals surface area contributed by atoms with E-state index in [-0.39, 0.29) is 0 Å². The third-order valence-corrected chi connectivity index (χ3v) is 5.09. The zero-order valence-corrected chi connectivity index (χ0v) is 15.9. The van der Waals surface area contributed by atoms with Gasteiger partial charge in [0.25, 0.3) is 0 Å². The molecule has 138 valence electrons.